The molecular formula is C17H26N2O2Si. The van der Waals surface area contributed by atoms with Gasteiger partial charge in [0.1, 0.15) is 11.3 Å². The molecule has 0 aliphatic carbocycles. The van der Waals surface area contributed by atoms with Crippen LogP contribution in [0.1, 0.15) is 41.5 Å². The fourth-order valence-electron chi connectivity index (χ4n) is 3.67. The molecule has 2 rings (SSSR count). The van der Waals surface area contributed by atoms with Crippen LogP contribution in [-0.2, 0) is 0 Å². The first kappa shape index (κ1) is 16.7. The lowest BCUT2D eigenvalue weighted by Gasteiger charge is -2.42. The molecule has 0 saturated heterocycles. The zero-order valence-corrected chi connectivity index (χ0v) is 15.3. The second-order valence-electron chi connectivity index (χ2n) is 6.82. The second-order valence-corrected chi connectivity index (χ2v) is 12.2. The highest BCUT2D eigenvalue weighted by molar-refractivity contribution is 6.78. The summed E-state index contributed by atoms with van der Waals surface area (Å²) >= 11 is 0. The lowest BCUT2D eigenvalue weighted by Crippen LogP contribution is -2.50. The van der Waals surface area contributed by atoms with E-state index in [4.69, 9.17) is 4.43 Å². The zero-order chi connectivity index (χ0) is 16.5. The van der Waals surface area contributed by atoms with Gasteiger partial charge in [-0.1, -0.05) is 47.6 Å². The largest absolute Gasteiger partial charge is 0.541 e. The Labute approximate surface area is 133 Å². The van der Waals surface area contributed by atoms with Gasteiger partial charge in [0.05, 0.1) is 11.7 Å². The van der Waals surface area contributed by atoms with Crippen LogP contribution in [0.25, 0.3) is 11.0 Å². The van der Waals surface area contributed by atoms with Crippen LogP contribution in [0.5, 0.6) is 5.75 Å². The first-order valence-electron chi connectivity index (χ1n) is 7.96. The van der Waals surface area contributed by atoms with Gasteiger partial charge in [0, 0.05) is 0 Å². The van der Waals surface area contributed by atoms with Crippen LogP contribution in [0.3, 0.4) is 0 Å². The minimum Gasteiger partial charge on any atom is -0.541 e. The molecule has 0 aliphatic heterocycles. The van der Waals surface area contributed by atoms with Gasteiger partial charge in [-0.15, -0.1) is 0 Å². The third-order valence-electron chi connectivity index (χ3n) is 4.56. The van der Waals surface area contributed by atoms with Crippen molar-refractivity contribution in [3.8, 4) is 5.75 Å². The van der Waals surface area contributed by atoms with Gasteiger partial charge < -0.3 is 9.41 Å². The summed E-state index contributed by atoms with van der Waals surface area (Å²) in [5, 5.41) is 0. The van der Waals surface area contributed by atoms with Crippen molar-refractivity contribution in [2.45, 2.75) is 58.2 Å². The number of H-pyrrole nitrogens is 1. The number of aromatic nitrogens is 2. The molecule has 0 spiro atoms. The summed E-state index contributed by atoms with van der Waals surface area (Å²) in [7, 11) is -2.03. The fraction of sp³-hybridized carbons (Fsp3) is 0.529. The standard InChI is InChI=1S/C17H26N2O2Si/c1-11(2)22(12(3)4,13(5)6)21-15-9-7-8-14-17(15)18-10-16(20)19-14/h7-13H,1-6H3,(H,19,20). The molecule has 0 radical (unpaired) electrons. The van der Waals surface area contributed by atoms with Crippen molar-refractivity contribution in [3.63, 3.8) is 0 Å². The van der Waals surface area contributed by atoms with Crippen LogP contribution >= 0.6 is 0 Å². The normalized spacial score (nSPS) is 12.6. The molecule has 4 nitrogen and oxygen atoms in total. The topological polar surface area (TPSA) is 55.0 Å². The quantitative estimate of drug-likeness (QED) is 0.827. The third-order valence-corrected chi connectivity index (χ3v) is 10.5. The molecule has 1 heterocycles. The van der Waals surface area contributed by atoms with E-state index in [1.165, 1.54) is 6.20 Å². The summed E-state index contributed by atoms with van der Waals surface area (Å²) in [6.07, 6.45) is 1.32. The molecule has 1 aromatic carbocycles. The maximum atomic E-state index is 11.5. The van der Waals surface area contributed by atoms with E-state index in [0.29, 0.717) is 16.6 Å². The van der Waals surface area contributed by atoms with E-state index in [0.717, 1.165) is 16.8 Å². The molecule has 0 fully saturated rings. The Balaban J connectivity index is 2.58. The summed E-state index contributed by atoms with van der Waals surface area (Å²) in [5.74, 6) is 0.788. The molecule has 0 unspecified atom stereocenters. The average Bonchev–Trinajstić information content (AvgIpc) is 2.43. The van der Waals surface area contributed by atoms with Gasteiger partial charge in [-0.25, -0.2) is 4.98 Å². The minimum absolute atomic E-state index is 0.190. The Morgan fingerprint density at radius 3 is 2.18 bits per heavy atom. The average molecular weight is 318 g/mol. The predicted octanol–water partition coefficient (Wildman–Crippen LogP) is 4.48. The van der Waals surface area contributed by atoms with Gasteiger partial charge in [0.25, 0.3) is 13.9 Å². The molecule has 1 N–H and O–H groups in total. The van der Waals surface area contributed by atoms with Crippen LogP contribution in [0, 0.1) is 0 Å². The fourth-order valence-corrected chi connectivity index (χ4v) is 8.92. The monoisotopic (exact) mass is 318 g/mol. The van der Waals surface area contributed by atoms with Gasteiger partial charge in [0.2, 0.25) is 0 Å². The molecule has 0 saturated carbocycles. The SMILES string of the molecule is CC(C)[Si](Oc1cccc2[nH]c(=O)cnc12)(C(C)C)C(C)C. The maximum Gasteiger partial charge on any atom is 0.266 e. The summed E-state index contributed by atoms with van der Waals surface area (Å²) in [6, 6.07) is 5.73. The molecule has 0 atom stereocenters. The Bertz CT molecular complexity index is 685. The van der Waals surface area contributed by atoms with Gasteiger partial charge in [0.15, 0.2) is 0 Å². The van der Waals surface area contributed by atoms with Crippen molar-refractivity contribution in [1.29, 1.82) is 0 Å². The second kappa shape index (κ2) is 6.24. The van der Waals surface area contributed by atoms with E-state index < -0.39 is 8.32 Å². The Morgan fingerprint density at radius 2 is 1.64 bits per heavy atom. The number of hydrogen-bond acceptors (Lipinski definition) is 3. The summed E-state index contributed by atoms with van der Waals surface area (Å²) in [5.41, 5.74) is 2.75. The number of nitrogens with one attached hydrogen (secondary N) is 1. The number of benzene rings is 1. The number of fused-ring (bicyclic) bond motifs is 1. The number of para-hydroxylation sites is 1. The lowest BCUT2D eigenvalue weighted by atomic mass is 10.3. The molecule has 0 aliphatic rings. The van der Waals surface area contributed by atoms with Crippen LogP contribution in [0.15, 0.2) is 29.2 Å². The van der Waals surface area contributed by atoms with Gasteiger partial charge in [-0.2, -0.15) is 0 Å². The maximum absolute atomic E-state index is 11.5. The molecule has 22 heavy (non-hydrogen) atoms. The first-order valence-corrected chi connectivity index (χ1v) is 10.1. The summed E-state index contributed by atoms with van der Waals surface area (Å²) in [4.78, 5) is 18.6. The number of rotatable bonds is 5. The van der Waals surface area contributed by atoms with Gasteiger partial charge in [-0.05, 0) is 28.8 Å². The summed E-state index contributed by atoms with van der Waals surface area (Å²) in [6.45, 7) is 13.5. The third kappa shape index (κ3) is 2.82. The molecular weight excluding hydrogens is 292 g/mol. The van der Waals surface area contributed by atoms with Crippen LogP contribution < -0.4 is 9.99 Å². The van der Waals surface area contributed by atoms with E-state index >= 15 is 0 Å². The van der Waals surface area contributed by atoms with E-state index in [2.05, 4.69) is 51.5 Å². The Kier molecular flexibility index (Phi) is 4.75. The van der Waals surface area contributed by atoms with Gasteiger partial charge >= 0.3 is 0 Å². The van der Waals surface area contributed by atoms with E-state index in [9.17, 15) is 4.79 Å². The molecule has 120 valence electrons. The highest BCUT2D eigenvalue weighted by atomic mass is 28.4. The van der Waals surface area contributed by atoms with Crippen molar-refractivity contribution < 1.29 is 4.43 Å². The highest BCUT2D eigenvalue weighted by Gasteiger charge is 2.47. The van der Waals surface area contributed by atoms with E-state index in [1.807, 2.05) is 18.2 Å². The van der Waals surface area contributed by atoms with Crippen molar-refractivity contribution in [2.75, 3.05) is 0 Å². The lowest BCUT2D eigenvalue weighted by molar-refractivity contribution is 0.483. The molecule has 5 heteroatoms. The van der Waals surface area contributed by atoms with Crippen LogP contribution in [-0.4, -0.2) is 18.3 Å². The van der Waals surface area contributed by atoms with Crippen molar-refractivity contribution >= 4 is 19.4 Å². The molecule has 2 aromatic rings. The van der Waals surface area contributed by atoms with Gasteiger partial charge in [-0.3, -0.25) is 4.79 Å². The first-order chi connectivity index (χ1) is 10.3. The van der Waals surface area contributed by atoms with Crippen LogP contribution in [0.4, 0.5) is 0 Å². The number of hydrogen-bond donors (Lipinski definition) is 1. The van der Waals surface area contributed by atoms with E-state index in [1.54, 1.807) is 0 Å². The van der Waals surface area contributed by atoms with Crippen molar-refractivity contribution in [2.24, 2.45) is 0 Å². The van der Waals surface area contributed by atoms with E-state index in [-0.39, 0.29) is 5.56 Å². The molecule has 0 amide bonds. The highest BCUT2D eigenvalue weighted by Crippen LogP contribution is 2.43. The summed E-state index contributed by atoms with van der Waals surface area (Å²) < 4.78 is 6.69. The van der Waals surface area contributed by atoms with Crippen LogP contribution in [0.2, 0.25) is 16.6 Å². The van der Waals surface area contributed by atoms with Crippen molar-refractivity contribution in [1.82, 2.24) is 9.97 Å². The zero-order valence-electron chi connectivity index (χ0n) is 14.3. The predicted molar refractivity (Wildman–Crippen MR) is 94.0 cm³/mol. The number of nitrogens with zero attached hydrogens (tertiary/aromatic N) is 1. The molecule has 0 bridgehead atoms. The smallest absolute Gasteiger partial charge is 0.266 e. The molecule has 1 aromatic heterocycles. The Morgan fingerprint density at radius 1 is 1.05 bits per heavy atom. The van der Waals surface area contributed by atoms with Crippen molar-refractivity contribution in [3.05, 3.63) is 34.7 Å². The minimum atomic E-state index is -2.03. The number of aromatic amines is 1. The Hall–Kier alpha value is -1.62.